The molecule has 0 aliphatic rings. The molecule has 0 amide bonds. The first kappa shape index (κ1) is 9.88. The molecule has 0 aromatic rings. The fourth-order valence-electron chi connectivity index (χ4n) is 0.792. The van der Waals surface area contributed by atoms with Crippen LogP contribution in [0, 0.1) is 0 Å². The van der Waals surface area contributed by atoms with Gasteiger partial charge in [0.05, 0.1) is 0 Å². The average molecular weight is 145 g/mol. The molecule has 0 rings (SSSR count). The van der Waals surface area contributed by atoms with E-state index < -0.39 is 5.54 Å². The van der Waals surface area contributed by atoms with Gasteiger partial charge in [-0.15, -0.1) is 0 Å². The summed E-state index contributed by atoms with van der Waals surface area (Å²) in [5, 5.41) is 0. The molecule has 2 atom stereocenters. The Kier molecular flexibility index (Phi) is 3.86. The van der Waals surface area contributed by atoms with E-state index in [4.69, 9.17) is 17.2 Å². The zero-order chi connectivity index (χ0) is 8.20. The zero-order valence-electron chi connectivity index (χ0n) is 6.93. The second-order valence-electron chi connectivity index (χ2n) is 3.11. The molecular weight excluding hydrogens is 126 g/mol. The van der Waals surface area contributed by atoms with Crippen LogP contribution in [0.5, 0.6) is 0 Å². The van der Waals surface area contributed by atoms with E-state index in [1.165, 1.54) is 0 Å². The van der Waals surface area contributed by atoms with Crippen molar-refractivity contribution in [3.63, 3.8) is 0 Å². The summed E-state index contributed by atoms with van der Waals surface area (Å²) in [6, 6.07) is 0.0301. The molecule has 62 valence electrons. The van der Waals surface area contributed by atoms with Crippen LogP contribution in [0.4, 0.5) is 0 Å². The number of hydrogen-bond acceptors (Lipinski definition) is 3. The molecule has 0 spiro atoms. The summed E-state index contributed by atoms with van der Waals surface area (Å²) in [6.45, 7) is 4.44. The highest BCUT2D eigenvalue weighted by atomic mass is 14.9. The molecular formula is C7H19N3. The fourth-order valence-corrected chi connectivity index (χ4v) is 0.792. The zero-order valence-corrected chi connectivity index (χ0v) is 6.93. The molecule has 0 fully saturated rings. The summed E-state index contributed by atoms with van der Waals surface area (Å²) in [5.74, 6) is 0. The molecule has 0 saturated heterocycles. The van der Waals surface area contributed by atoms with Crippen molar-refractivity contribution in [3.05, 3.63) is 0 Å². The Bertz CT molecular complexity index is 90.9. The van der Waals surface area contributed by atoms with Crippen molar-refractivity contribution in [1.29, 1.82) is 0 Å². The predicted molar refractivity (Wildman–Crippen MR) is 44.5 cm³/mol. The quantitative estimate of drug-likeness (QED) is 0.512. The highest BCUT2D eigenvalue weighted by molar-refractivity contribution is 4.90. The van der Waals surface area contributed by atoms with Crippen LogP contribution in [0.3, 0.4) is 0 Å². The van der Waals surface area contributed by atoms with Crippen molar-refractivity contribution in [2.45, 2.75) is 38.3 Å². The van der Waals surface area contributed by atoms with Gasteiger partial charge in [0.15, 0.2) is 0 Å². The lowest BCUT2D eigenvalue weighted by Gasteiger charge is -2.29. The molecule has 0 radical (unpaired) electrons. The van der Waals surface area contributed by atoms with Gasteiger partial charge >= 0.3 is 0 Å². The van der Waals surface area contributed by atoms with Crippen LogP contribution in [-0.4, -0.2) is 18.1 Å². The van der Waals surface area contributed by atoms with Crippen LogP contribution < -0.4 is 17.2 Å². The van der Waals surface area contributed by atoms with E-state index in [0.717, 1.165) is 12.8 Å². The molecule has 10 heavy (non-hydrogen) atoms. The van der Waals surface area contributed by atoms with Gasteiger partial charge in [0, 0.05) is 18.1 Å². The molecule has 0 bridgehead atoms. The van der Waals surface area contributed by atoms with Crippen LogP contribution in [0.1, 0.15) is 26.7 Å². The third-order valence-electron chi connectivity index (χ3n) is 1.89. The van der Waals surface area contributed by atoms with Crippen molar-refractivity contribution in [3.8, 4) is 0 Å². The van der Waals surface area contributed by atoms with Crippen molar-refractivity contribution in [2.24, 2.45) is 17.2 Å². The molecule has 3 nitrogen and oxygen atoms in total. The minimum Gasteiger partial charge on any atom is -0.329 e. The number of rotatable bonds is 4. The smallest absolute Gasteiger partial charge is 0.0403 e. The van der Waals surface area contributed by atoms with E-state index >= 15 is 0 Å². The number of hydrogen-bond donors (Lipinski definition) is 3. The van der Waals surface area contributed by atoms with Gasteiger partial charge in [-0.1, -0.05) is 13.3 Å². The van der Waals surface area contributed by atoms with Crippen molar-refractivity contribution >= 4 is 0 Å². The van der Waals surface area contributed by atoms with Gasteiger partial charge in [-0.2, -0.15) is 0 Å². The van der Waals surface area contributed by atoms with E-state index in [1.807, 2.05) is 6.92 Å². The summed E-state index contributed by atoms with van der Waals surface area (Å²) in [4.78, 5) is 0. The van der Waals surface area contributed by atoms with Gasteiger partial charge in [-0.05, 0) is 13.3 Å². The highest BCUT2D eigenvalue weighted by Gasteiger charge is 2.23. The van der Waals surface area contributed by atoms with Gasteiger partial charge in [0.2, 0.25) is 0 Å². The Morgan fingerprint density at radius 2 is 2.00 bits per heavy atom. The maximum absolute atomic E-state index is 5.80. The molecule has 0 aliphatic heterocycles. The van der Waals surface area contributed by atoms with Crippen molar-refractivity contribution in [1.82, 2.24) is 0 Å². The normalized spacial score (nSPS) is 20.1. The summed E-state index contributed by atoms with van der Waals surface area (Å²) < 4.78 is 0. The molecule has 0 aliphatic carbocycles. The first-order valence-electron chi connectivity index (χ1n) is 3.79. The molecule has 0 saturated carbocycles. The molecule has 2 unspecified atom stereocenters. The Hall–Kier alpha value is -0.120. The third kappa shape index (κ3) is 2.64. The van der Waals surface area contributed by atoms with E-state index in [2.05, 4.69) is 6.92 Å². The van der Waals surface area contributed by atoms with Crippen LogP contribution >= 0.6 is 0 Å². The van der Waals surface area contributed by atoms with E-state index in [9.17, 15) is 0 Å². The monoisotopic (exact) mass is 145 g/mol. The Labute approximate surface area is 62.9 Å². The molecule has 6 N–H and O–H groups in total. The minimum absolute atomic E-state index is 0.0301. The topological polar surface area (TPSA) is 78.1 Å². The second kappa shape index (κ2) is 3.91. The van der Waals surface area contributed by atoms with E-state index in [1.54, 1.807) is 0 Å². The van der Waals surface area contributed by atoms with Gasteiger partial charge in [-0.3, -0.25) is 0 Å². The summed E-state index contributed by atoms with van der Waals surface area (Å²) in [6.07, 6.45) is 2.01. The minimum atomic E-state index is -0.393. The Morgan fingerprint density at radius 1 is 1.50 bits per heavy atom. The van der Waals surface area contributed by atoms with Gasteiger partial charge in [0.25, 0.3) is 0 Å². The predicted octanol–water partition coefficient (Wildman–Crippen LogP) is -0.210. The first-order chi connectivity index (χ1) is 4.54. The highest BCUT2D eigenvalue weighted by Crippen LogP contribution is 2.07. The largest absolute Gasteiger partial charge is 0.329 e. The van der Waals surface area contributed by atoms with Crippen LogP contribution in [-0.2, 0) is 0 Å². The van der Waals surface area contributed by atoms with Crippen LogP contribution in [0.25, 0.3) is 0 Å². The average Bonchev–Trinajstić information content (AvgIpc) is 1.89. The summed E-state index contributed by atoms with van der Waals surface area (Å²) in [5.41, 5.74) is 16.6. The van der Waals surface area contributed by atoms with Gasteiger partial charge in [0.1, 0.15) is 0 Å². The lowest BCUT2D eigenvalue weighted by Crippen LogP contribution is -2.57. The van der Waals surface area contributed by atoms with E-state index in [-0.39, 0.29) is 6.04 Å². The second-order valence-corrected chi connectivity index (χ2v) is 3.11. The molecule has 0 aromatic carbocycles. The standard InChI is InChI=1S/C7H19N3/c1-3-4-6(9)7(2,10)5-8/h6H,3-5,8-10H2,1-2H3. The summed E-state index contributed by atoms with van der Waals surface area (Å²) >= 11 is 0. The molecule has 0 aromatic heterocycles. The lowest BCUT2D eigenvalue weighted by molar-refractivity contribution is 0.364. The maximum atomic E-state index is 5.80. The van der Waals surface area contributed by atoms with Crippen LogP contribution in [0.2, 0.25) is 0 Å². The van der Waals surface area contributed by atoms with Crippen molar-refractivity contribution in [2.75, 3.05) is 6.54 Å². The lowest BCUT2D eigenvalue weighted by atomic mass is 9.91. The summed E-state index contributed by atoms with van der Waals surface area (Å²) in [7, 11) is 0. The van der Waals surface area contributed by atoms with Gasteiger partial charge < -0.3 is 17.2 Å². The van der Waals surface area contributed by atoms with Crippen LogP contribution in [0.15, 0.2) is 0 Å². The third-order valence-corrected chi connectivity index (χ3v) is 1.89. The number of nitrogens with two attached hydrogens (primary N) is 3. The van der Waals surface area contributed by atoms with Gasteiger partial charge in [-0.25, -0.2) is 0 Å². The molecule has 0 heterocycles. The molecule has 3 heteroatoms. The van der Waals surface area contributed by atoms with Crippen molar-refractivity contribution < 1.29 is 0 Å². The Balaban J connectivity index is 3.78. The first-order valence-corrected chi connectivity index (χ1v) is 3.79. The SMILES string of the molecule is CCCC(N)C(C)(N)CN. The Morgan fingerprint density at radius 3 is 2.30 bits per heavy atom. The van der Waals surface area contributed by atoms with E-state index in [0.29, 0.717) is 6.54 Å². The fraction of sp³-hybridized carbons (Fsp3) is 1.00. The maximum Gasteiger partial charge on any atom is 0.0403 e.